The minimum atomic E-state index is -6.13. The van der Waals surface area contributed by atoms with Gasteiger partial charge < -0.3 is 0 Å². The second kappa shape index (κ2) is 20.5. The van der Waals surface area contributed by atoms with Gasteiger partial charge in [0.05, 0.1) is 56.9 Å². The average Bonchev–Trinajstić information content (AvgIpc) is 3.27. The van der Waals surface area contributed by atoms with Gasteiger partial charge in [-0.15, -0.1) is 0 Å². The molecule has 30 heteroatoms. The van der Waals surface area contributed by atoms with E-state index in [2.05, 4.69) is 4.98 Å². The molecular formula is C45H25BF24N2O2S. The van der Waals surface area contributed by atoms with Crippen molar-refractivity contribution < 1.29 is 119 Å². The molecule has 404 valence electrons. The molecule has 0 spiro atoms. The third-order valence-corrected chi connectivity index (χ3v) is 11.9. The highest BCUT2D eigenvalue weighted by atomic mass is 32.2. The van der Waals surface area contributed by atoms with Gasteiger partial charge in [0, 0.05) is 27.5 Å². The first-order valence-electron chi connectivity index (χ1n) is 20.0. The van der Waals surface area contributed by atoms with E-state index < -0.39 is 206 Å². The number of ketones is 1. The Balaban J connectivity index is 0.000000483. The summed E-state index contributed by atoms with van der Waals surface area (Å²) < 4.78 is 354. The molecule has 1 atom stereocenters. The fourth-order valence-electron chi connectivity index (χ4n) is 7.61. The van der Waals surface area contributed by atoms with Crippen LogP contribution in [0.15, 0.2) is 127 Å². The summed E-state index contributed by atoms with van der Waals surface area (Å²) in [6.45, 7) is 0.275. The number of hydrogen-bond acceptors (Lipinski definition) is 3. The number of nitrogens with zero attached hydrogens (tertiary/aromatic N) is 2. The van der Waals surface area contributed by atoms with Gasteiger partial charge in [0.2, 0.25) is 12.3 Å². The predicted octanol–water partition coefficient (Wildman–Crippen LogP) is 12.2. The van der Waals surface area contributed by atoms with Gasteiger partial charge in [0.25, 0.3) is 0 Å². The number of aromatic nitrogens is 2. The van der Waals surface area contributed by atoms with E-state index in [0.29, 0.717) is 5.56 Å². The molecule has 0 amide bonds. The third kappa shape index (κ3) is 14.0. The third-order valence-electron chi connectivity index (χ3n) is 11.0. The second-order valence-corrected chi connectivity index (χ2v) is 17.4. The number of rotatable bonds is 8. The highest BCUT2D eigenvalue weighted by Crippen LogP contribution is 2.41. The quantitative estimate of drug-likeness (QED) is 0.0660. The molecule has 0 N–H and O–H groups in total. The van der Waals surface area contributed by atoms with Crippen molar-refractivity contribution in [2.24, 2.45) is 0 Å². The van der Waals surface area contributed by atoms with E-state index in [1.165, 1.54) is 0 Å². The average molecular weight is 1120 g/mol. The Kier molecular flexibility index (Phi) is 16.2. The standard InChI is InChI=1S/C32H12BF24.C13H13N2O2S/c34-25(35,36)13-1-14(26(37,38)39)6-21(5-13)33(22-7-15(27(40,41)42)2-16(8-22)28(43,44)45,23-9-17(29(46,47)48)3-18(10-23)30(49,50)51)24-11-19(31(52,53)54)4-20(12-24)32(55,56)57;1-18(17)12-4-2-11(3-5-12)13(16)10-15-8-6-14-7-9-15/h1-12H;2-9H,10H2,1H3/q-1;+1. The number of benzene rings is 5. The first kappa shape index (κ1) is 59.3. The van der Waals surface area contributed by atoms with Gasteiger partial charge in [-0.25, -0.2) is 0 Å². The summed E-state index contributed by atoms with van der Waals surface area (Å²) in [4.78, 5) is 16.6. The monoisotopic (exact) mass is 1120 g/mol. The molecule has 0 aliphatic carbocycles. The summed E-state index contributed by atoms with van der Waals surface area (Å²) >= 11 is 0. The van der Waals surface area contributed by atoms with Crippen LogP contribution in [-0.2, 0) is 66.8 Å². The molecule has 6 aromatic rings. The van der Waals surface area contributed by atoms with Crippen LogP contribution < -0.4 is 26.4 Å². The van der Waals surface area contributed by atoms with Gasteiger partial charge in [0.15, 0.2) is 12.4 Å². The van der Waals surface area contributed by atoms with Gasteiger partial charge in [0.1, 0.15) is 6.15 Å². The zero-order chi connectivity index (χ0) is 56.9. The number of alkyl halides is 24. The Morgan fingerprint density at radius 3 is 0.840 bits per heavy atom. The highest BCUT2D eigenvalue weighted by Gasteiger charge is 2.47. The van der Waals surface area contributed by atoms with Gasteiger partial charge in [-0.2, -0.15) is 132 Å². The van der Waals surface area contributed by atoms with E-state index in [1.54, 1.807) is 59.9 Å². The highest BCUT2D eigenvalue weighted by molar-refractivity contribution is 7.84. The molecule has 1 heterocycles. The van der Waals surface area contributed by atoms with E-state index in [9.17, 15) is 114 Å². The Morgan fingerprint density at radius 1 is 0.413 bits per heavy atom. The molecule has 0 aliphatic heterocycles. The molecule has 0 saturated heterocycles. The fraction of sp³-hybridized carbons (Fsp3) is 0.222. The summed E-state index contributed by atoms with van der Waals surface area (Å²) in [6, 6.07) is -1.95. The van der Waals surface area contributed by atoms with Crippen molar-refractivity contribution in [2.45, 2.75) is 60.9 Å². The molecule has 5 aromatic carbocycles. The smallest absolute Gasteiger partial charge is 0.287 e. The molecule has 0 bridgehead atoms. The maximum absolute atomic E-state index is 14.2. The Bertz CT molecular complexity index is 2630. The number of hydrogen-bond donors (Lipinski definition) is 0. The molecule has 1 aromatic heterocycles. The van der Waals surface area contributed by atoms with Crippen LogP contribution in [-0.4, -0.2) is 27.4 Å². The first-order chi connectivity index (χ1) is 33.9. The Morgan fingerprint density at radius 2 is 0.640 bits per heavy atom. The normalized spacial score (nSPS) is 13.8. The summed E-state index contributed by atoms with van der Waals surface area (Å²) in [7, 11) is -1.01. The second-order valence-electron chi connectivity index (χ2n) is 16.0. The van der Waals surface area contributed by atoms with Crippen molar-refractivity contribution in [3.05, 3.63) is 172 Å². The minimum Gasteiger partial charge on any atom is -0.287 e. The van der Waals surface area contributed by atoms with Crippen molar-refractivity contribution in [1.82, 2.24) is 4.98 Å². The van der Waals surface area contributed by atoms with Gasteiger partial charge >= 0.3 is 49.4 Å². The summed E-state index contributed by atoms with van der Waals surface area (Å²) in [5.41, 5.74) is -29.6. The molecule has 6 rings (SSSR count). The van der Waals surface area contributed by atoms with Crippen molar-refractivity contribution in [3.63, 3.8) is 0 Å². The molecule has 75 heavy (non-hydrogen) atoms. The van der Waals surface area contributed by atoms with Gasteiger partial charge in [-0.05, 0) is 48.5 Å². The van der Waals surface area contributed by atoms with Crippen LogP contribution in [0.1, 0.15) is 54.9 Å². The molecule has 0 aliphatic rings. The lowest BCUT2D eigenvalue weighted by Crippen LogP contribution is -2.75. The summed E-state index contributed by atoms with van der Waals surface area (Å²) in [5.74, 6) is 0.0136. The molecule has 0 radical (unpaired) electrons. The lowest BCUT2D eigenvalue weighted by molar-refractivity contribution is -0.683. The van der Waals surface area contributed by atoms with Crippen molar-refractivity contribution in [1.29, 1.82) is 0 Å². The van der Waals surface area contributed by atoms with Crippen LogP contribution in [0.25, 0.3) is 0 Å². The van der Waals surface area contributed by atoms with Gasteiger partial charge in [-0.3, -0.25) is 14.0 Å². The summed E-state index contributed by atoms with van der Waals surface area (Å²) in [6.07, 6.45) is -46.4. The Hall–Kier alpha value is -6.62. The van der Waals surface area contributed by atoms with Crippen molar-refractivity contribution in [2.75, 3.05) is 6.26 Å². The number of halogens is 24. The zero-order valence-electron chi connectivity index (χ0n) is 36.5. The lowest BCUT2D eigenvalue weighted by atomic mass is 9.12. The van der Waals surface area contributed by atoms with Crippen LogP contribution in [0.3, 0.4) is 0 Å². The molecule has 4 nitrogen and oxygen atoms in total. The van der Waals surface area contributed by atoms with Gasteiger partial charge in [-0.1, -0.05) is 48.5 Å². The number of Topliss-reactive ketones (excluding diaryl/α,β-unsaturated/α-hetero) is 1. The minimum absolute atomic E-state index is 0.0136. The number of carbonyl (C=O) groups is 1. The van der Waals surface area contributed by atoms with E-state index >= 15 is 0 Å². The largest absolute Gasteiger partial charge is 0.416 e. The molecule has 0 fully saturated rings. The van der Waals surface area contributed by atoms with Crippen LogP contribution in [0.4, 0.5) is 105 Å². The van der Waals surface area contributed by atoms with Crippen LogP contribution >= 0.6 is 0 Å². The summed E-state index contributed by atoms with van der Waals surface area (Å²) in [5, 5.41) is 0. The maximum Gasteiger partial charge on any atom is 0.416 e. The van der Waals surface area contributed by atoms with E-state index in [0.717, 1.165) is 4.90 Å². The predicted molar refractivity (Wildman–Crippen MR) is 218 cm³/mol. The van der Waals surface area contributed by atoms with E-state index in [1.807, 2.05) is 0 Å². The van der Waals surface area contributed by atoms with Crippen LogP contribution in [0.5, 0.6) is 0 Å². The maximum atomic E-state index is 14.2. The number of carbonyl (C=O) groups excluding carboxylic acids is 1. The van der Waals surface area contributed by atoms with E-state index in [-0.39, 0.29) is 12.3 Å². The SMILES string of the molecule is CS(=O)c1ccc(C(=O)C[n+]2ccncc2)cc1.FC(F)(F)c1cc([B-](c2cc(C(F)(F)F)cc(C(F)(F)F)c2)(c2cc(C(F)(F)F)cc(C(F)(F)F)c2)c2cc(C(F)(F)F)cc(C(F)(F)F)c2)cc(C(F)(F)F)c1. The molecule has 1 unspecified atom stereocenters. The zero-order valence-corrected chi connectivity index (χ0v) is 37.3. The van der Waals surface area contributed by atoms with Crippen LogP contribution in [0.2, 0.25) is 0 Å². The lowest BCUT2D eigenvalue weighted by Gasteiger charge is -2.46. The topological polar surface area (TPSA) is 50.9 Å². The Labute approximate surface area is 407 Å². The fourth-order valence-corrected chi connectivity index (χ4v) is 8.13. The van der Waals surface area contributed by atoms with Crippen molar-refractivity contribution >= 4 is 44.6 Å². The van der Waals surface area contributed by atoms with Crippen molar-refractivity contribution in [3.8, 4) is 0 Å². The van der Waals surface area contributed by atoms with Crippen LogP contribution in [0, 0.1) is 0 Å². The van der Waals surface area contributed by atoms with E-state index in [4.69, 9.17) is 0 Å². The first-order valence-corrected chi connectivity index (χ1v) is 21.6. The molecule has 0 saturated carbocycles. The molecular weight excluding hydrogens is 1100 g/mol.